The van der Waals surface area contributed by atoms with Gasteiger partial charge in [0.2, 0.25) is 0 Å². The number of amides is 4. The normalized spacial score (nSPS) is 24.8. The van der Waals surface area contributed by atoms with Gasteiger partial charge in [-0.15, -0.1) is 0 Å². The lowest BCUT2D eigenvalue weighted by Crippen LogP contribution is -2.25. The van der Waals surface area contributed by atoms with Crippen LogP contribution in [-0.4, -0.2) is 49.4 Å². The lowest BCUT2D eigenvalue weighted by Gasteiger charge is -2.28. The Morgan fingerprint density at radius 1 is 0.605 bits per heavy atom. The van der Waals surface area contributed by atoms with Crippen molar-refractivity contribution in [2.75, 3.05) is 13.2 Å². The molecule has 2 N–H and O–H groups in total. The molecule has 2 saturated heterocycles. The molecule has 0 bridgehead atoms. The molecule has 1 saturated carbocycles. The Labute approximate surface area is 220 Å². The largest absolute Gasteiger partial charge is 0.493 e. The molecule has 2 unspecified atom stereocenters. The van der Waals surface area contributed by atoms with Crippen LogP contribution in [0.1, 0.15) is 36.8 Å². The summed E-state index contributed by atoms with van der Waals surface area (Å²) in [6, 6.07) is 15.1. The predicted octanol–water partition coefficient (Wildman–Crippen LogP) is 3.31. The minimum atomic E-state index is -0.776. The number of imide groups is 2. The van der Waals surface area contributed by atoms with Crippen LogP contribution < -0.4 is 20.1 Å². The number of carbonyl (C=O) groups excluding carboxylic acids is 4. The molecule has 2 aromatic rings. The topological polar surface area (TPSA) is 129 Å². The SMILES string of the molecule is O=C1NC(=O)C(Cc2ccc(OCC3CCC(COc4ccc(CC5OC(=O)NC5=O)cc4)CC3)cc2)O1. The number of benzene rings is 2. The molecular formula is C28H30N2O8. The molecule has 5 rings (SSSR count). The molecule has 2 aromatic carbocycles. The van der Waals surface area contributed by atoms with Crippen molar-refractivity contribution in [3.8, 4) is 11.5 Å². The van der Waals surface area contributed by atoms with Gasteiger partial charge in [0.15, 0.2) is 12.2 Å². The molecule has 10 nitrogen and oxygen atoms in total. The third-order valence-corrected chi connectivity index (χ3v) is 7.16. The van der Waals surface area contributed by atoms with Crippen LogP contribution >= 0.6 is 0 Å². The molecule has 2 heterocycles. The maximum absolute atomic E-state index is 11.6. The molecule has 1 aliphatic carbocycles. The molecule has 200 valence electrons. The van der Waals surface area contributed by atoms with E-state index in [-0.39, 0.29) is 0 Å². The fraction of sp³-hybridized carbons (Fsp3) is 0.429. The lowest BCUT2D eigenvalue weighted by atomic mass is 9.83. The summed E-state index contributed by atoms with van der Waals surface area (Å²) in [7, 11) is 0. The van der Waals surface area contributed by atoms with E-state index in [0.717, 1.165) is 48.3 Å². The molecule has 0 radical (unpaired) electrons. The van der Waals surface area contributed by atoms with E-state index < -0.39 is 36.2 Å². The van der Waals surface area contributed by atoms with E-state index in [4.69, 9.17) is 18.9 Å². The Bertz CT molecular complexity index is 1080. The summed E-state index contributed by atoms with van der Waals surface area (Å²) in [5.41, 5.74) is 1.79. The van der Waals surface area contributed by atoms with Gasteiger partial charge in [-0.1, -0.05) is 24.3 Å². The van der Waals surface area contributed by atoms with Gasteiger partial charge in [-0.25, -0.2) is 9.59 Å². The highest BCUT2D eigenvalue weighted by molar-refractivity contribution is 6.00. The lowest BCUT2D eigenvalue weighted by molar-refractivity contribution is -0.124. The van der Waals surface area contributed by atoms with Crippen LogP contribution in [0.5, 0.6) is 11.5 Å². The van der Waals surface area contributed by atoms with Crippen molar-refractivity contribution in [3.63, 3.8) is 0 Å². The van der Waals surface area contributed by atoms with E-state index in [0.29, 0.717) is 37.9 Å². The fourth-order valence-corrected chi connectivity index (χ4v) is 4.92. The van der Waals surface area contributed by atoms with Gasteiger partial charge in [-0.05, 0) is 72.9 Å². The van der Waals surface area contributed by atoms with Crippen molar-refractivity contribution in [3.05, 3.63) is 59.7 Å². The Hall–Kier alpha value is -4.08. The van der Waals surface area contributed by atoms with E-state index >= 15 is 0 Å². The highest BCUT2D eigenvalue weighted by atomic mass is 16.6. The average Bonchev–Trinajstić information content (AvgIpc) is 3.41. The second-order valence-corrected chi connectivity index (χ2v) is 9.97. The summed E-state index contributed by atoms with van der Waals surface area (Å²) < 4.78 is 21.9. The van der Waals surface area contributed by atoms with Crippen LogP contribution in [0.3, 0.4) is 0 Å². The van der Waals surface area contributed by atoms with Gasteiger partial charge in [-0.3, -0.25) is 20.2 Å². The third kappa shape index (κ3) is 6.62. The summed E-state index contributed by atoms with van der Waals surface area (Å²) in [4.78, 5) is 45.6. The molecule has 10 heteroatoms. The van der Waals surface area contributed by atoms with Gasteiger partial charge in [0, 0.05) is 12.8 Å². The van der Waals surface area contributed by atoms with Crippen molar-refractivity contribution in [2.45, 2.75) is 50.7 Å². The third-order valence-electron chi connectivity index (χ3n) is 7.16. The van der Waals surface area contributed by atoms with Crippen molar-refractivity contribution in [1.29, 1.82) is 0 Å². The van der Waals surface area contributed by atoms with Crippen LogP contribution in [0.2, 0.25) is 0 Å². The van der Waals surface area contributed by atoms with Crippen molar-refractivity contribution in [2.24, 2.45) is 11.8 Å². The van der Waals surface area contributed by atoms with Gasteiger partial charge >= 0.3 is 12.2 Å². The molecule has 2 atom stereocenters. The number of carbonyl (C=O) groups is 4. The zero-order valence-corrected chi connectivity index (χ0v) is 20.9. The first-order chi connectivity index (χ1) is 18.4. The average molecular weight is 523 g/mol. The van der Waals surface area contributed by atoms with Crippen LogP contribution in [0.4, 0.5) is 9.59 Å². The van der Waals surface area contributed by atoms with E-state index in [2.05, 4.69) is 10.6 Å². The molecule has 38 heavy (non-hydrogen) atoms. The van der Waals surface area contributed by atoms with Gasteiger partial charge in [-0.2, -0.15) is 0 Å². The predicted molar refractivity (Wildman–Crippen MR) is 134 cm³/mol. The summed E-state index contributed by atoms with van der Waals surface area (Å²) in [5.74, 6) is 1.73. The number of rotatable bonds is 10. The monoisotopic (exact) mass is 522 g/mol. The number of cyclic esters (lactones) is 2. The van der Waals surface area contributed by atoms with Gasteiger partial charge in [0.05, 0.1) is 13.2 Å². The number of ether oxygens (including phenoxy) is 4. The molecular weight excluding hydrogens is 492 g/mol. The van der Waals surface area contributed by atoms with E-state index in [1.165, 1.54) is 0 Å². The minimum Gasteiger partial charge on any atom is -0.493 e. The number of hydrogen-bond donors (Lipinski definition) is 2. The second-order valence-electron chi connectivity index (χ2n) is 9.97. The minimum absolute atomic E-state index is 0.338. The summed E-state index contributed by atoms with van der Waals surface area (Å²) in [6.45, 7) is 1.32. The zero-order valence-electron chi connectivity index (χ0n) is 20.9. The van der Waals surface area contributed by atoms with E-state index in [1.54, 1.807) is 0 Å². The first-order valence-electron chi connectivity index (χ1n) is 12.9. The number of alkyl carbamates (subject to hydrolysis) is 2. The second kappa shape index (κ2) is 11.5. The smallest absolute Gasteiger partial charge is 0.414 e. The molecule has 3 fully saturated rings. The first-order valence-corrected chi connectivity index (χ1v) is 12.9. The zero-order chi connectivity index (χ0) is 26.5. The molecule has 4 amide bonds. The van der Waals surface area contributed by atoms with E-state index in [1.807, 2.05) is 48.5 Å². The van der Waals surface area contributed by atoms with Crippen LogP contribution in [-0.2, 0) is 31.9 Å². The highest BCUT2D eigenvalue weighted by Crippen LogP contribution is 2.30. The van der Waals surface area contributed by atoms with Crippen molar-refractivity contribution in [1.82, 2.24) is 10.6 Å². The maximum Gasteiger partial charge on any atom is 0.414 e. The molecule has 3 aliphatic rings. The highest BCUT2D eigenvalue weighted by Gasteiger charge is 2.33. The standard InChI is InChI=1S/C28H30N2O8/c31-25-23(37-27(33)29-25)13-17-5-9-21(10-6-17)35-15-19-1-2-20(4-3-19)16-36-22-11-7-18(8-12-22)14-24-26(32)30-28(34)38-24/h5-12,19-20,23-24H,1-4,13-16H2,(H,29,31,33)(H,30,32,34). The number of nitrogens with one attached hydrogen (secondary N) is 2. The van der Waals surface area contributed by atoms with Crippen molar-refractivity contribution >= 4 is 24.0 Å². The fourth-order valence-electron chi connectivity index (χ4n) is 4.92. The molecule has 2 aliphatic heterocycles. The Morgan fingerprint density at radius 2 is 0.974 bits per heavy atom. The van der Waals surface area contributed by atoms with Gasteiger partial charge in [0.1, 0.15) is 11.5 Å². The van der Waals surface area contributed by atoms with Crippen molar-refractivity contribution < 1.29 is 38.1 Å². The van der Waals surface area contributed by atoms with Gasteiger partial charge < -0.3 is 18.9 Å². The van der Waals surface area contributed by atoms with Gasteiger partial charge in [0.25, 0.3) is 11.8 Å². The summed E-state index contributed by atoms with van der Waals surface area (Å²) in [5, 5.41) is 4.27. The maximum atomic E-state index is 11.6. The molecule has 0 spiro atoms. The Kier molecular flexibility index (Phi) is 7.76. The number of hydrogen-bond acceptors (Lipinski definition) is 8. The first kappa shape index (κ1) is 25.6. The summed E-state index contributed by atoms with van der Waals surface area (Å²) in [6.07, 6.45) is 2.05. The van der Waals surface area contributed by atoms with E-state index in [9.17, 15) is 19.2 Å². The van der Waals surface area contributed by atoms with Crippen LogP contribution in [0, 0.1) is 11.8 Å². The Morgan fingerprint density at radius 3 is 1.29 bits per heavy atom. The van der Waals surface area contributed by atoms with Crippen LogP contribution in [0.15, 0.2) is 48.5 Å². The molecule has 0 aromatic heterocycles. The summed E-state index contributed by atoms with van der Waals surface area (Å²) >= 11 is 0. The Balaban J connectivity index is 0.984. The van der Waals surface area contributed by atoms with Crippen LogP contribution in [0.25, 0.3) is 0 Å². The quantitative estimate of drug-likeness (QED) is 0.486.